The predicted octanol–water partition coefficient (Wildman–Crippen LogP) is 2.83. The summed E-state index contributed by atoms with van der Waals surface area (Å²) in [6.07, 6.45) is 2.66. The lowest BCUT2D eigenvalue weighted by Gasteiger charge is -2.35. The third-order valence-corrected chi connectivity index (χ3v) is 4.36. The number of fused-ring (bicyclic) bond motifs is 1. The molecule has 0 radical (unpaired) electrons. The fourth-order valence-corrected chi connectivity index (χ4v) is 2.92. The fourth-order valence-electron chi connectivity index (χ4n) is 2.45. The van der Waals surface area contributed by atoms with Crippen molar-refractivity contribution >= 4 is 15.9 Å². The van der Waals surface area contributed by atoms with Crippen molar-refractivity contribution in [1.29, 1.82) is 0 Å². The Hall–Kier alpha value is -0.780. The maximum Gasteiger partial charge on any atom is 0.231 e. The lowest BCUT2D eigenvalue weighted by Crippen LogP contribution is -2.45. The largest absolute Gasteiger partial charge is 0.454 e. The van der Waals surface area contributed by atoms with Gasteiger partial charge >= 0.3 is 0 Å². The van der Waals surface area contributed by atoms with E-state index in [1.165, 1.54) is 5.56 Å². The Labute approximate surface area is 121 Å². The number of ether oxygens (including phenoxy) is 3. The van der Waals surface area contributed by atoms with Gasteiger partial charge in [-0.1, -0.05) is 15.9 Å². The van der Waals surface area contributed by atoms with E-state index in [2.05, 4.69) is 21.2 Å². The van der Waals surface area contributed by atoms with E-state index in [0.29, 0.717) is 18.9 Å². The molecule has 2 aliphatic rings. The normalized spacial score (nSPS) is 24.3. The van der Waals surface area contributed by atoms with Gasteiger partial charge in [-0.25, -0.2) is 0 Å². The zero-order valence-electron chi connectivity index (χ0n) is 10.9. The lowest BCUT2D eigenvalue weighted by atomic mass is 9.89. The van der Waals surface area contributed by atoms with Crippen LogP contribution in [-0.2, 0) is 11.3 Å². The molecule has 1 aromatic carbocycles. The first-order valence-electron chi connectivity index (χ1n) is 6.69. The molecule has 0 amide bonds. The van der Waals surface area contributed by atoms with Crippen molar-refractivity contribution in [3.8, 4) is 11.5 Å². The summed E-state index contributed by atoms with van der Waals surface area (Å²) in [6, 6.07) is 4.58. The van der Waals surface area contributed by atoms with E-state index in [1.807, 2.05) is 19.1 Å². The van der Waals surface area contributed by atoms with Crippen LogP contribution in [0.3, 0.4) is 0 Å². The van der Waals surface area contributed by atoms with E-state index in [4.69, 9.17) is 14.2 Å². The molecule has 4 nitrogen and oxygen atoms in total. The van der Waals surface area contributed by atoms with Crippen LogP contribution in [0, 0.1) is 0 Å². The van der Waals surface area contributed by atoms with Gasteiger partial charge in [0.15, 0.2) is 11.5 Å². The van der Waals surface area contributed by atoms with E-state index >= 15 is 0 Å². The average Bonchev–Trinajstić information content (AvgIpc) is 2.78. The number of nitrogens with one attached hydrogen (secondary N) is 1. The van der Waals surface area contributed by atoms with Gasteiger partial charge in [-0.2, -0.15) is 0 Å². The summed E-state index contributed by atoms with van der Waals surface area (Å²) >= 11 is 3.58. The number of hydrogen-bond donors (Lipinski definition) is 1. The summed E-state index contributed by atoms with van der Waals surface area (Å²) < 4.78 is 17.4. The minimum absolute atomic E-state index is 0.317. The first kappa shape index (κ1) is 13.2. The molecule has 104 valence electrons. The van der Waals surface area contributed by atoms with Crippen molar-refractivity contribution in [1.82, 2.24) is 5.32 Å². The van der Waals surface area contributed by atoms with Crippen molar-refractivity contribution in [2.45, 2.75) is 38.5 Å². The predicted molar refractivity (Wildman–Crippen MR) is 75.5 cm³/mol. The van der Waals surface area contributed by atoms with Gasteiger partial charge in [0.05, 0.1) is 6.10 Å². The third-order valence-electron chi connectivity index (χ3n) is 3.62. The molecule has 0 bridgehead atoms. The standard InChI is InChI=1S/C14H18BrNO3/c1-2-17-11-4-10(5-11)16-7-9-3-13-14(6-12(9)15)19-8-18-13/h3,6,10-11,16H,2,4-5,7-8H2,1H3. The smallest absolute Gasteiger partial charge is 0.231 e. The van der Waals surface area contributed by atoms with Crippen LogP contribution < -0.4 is 14.8 Å². The fraction of sp³-hybridized carbons (Fsp3) is 0.571. The third kappa shape index (κ3) is 2.88. The van der Waals surface area contributed by atoms with Gasteiger partial charge in [0.1, 0.15) is 0 Å². The van der Waals surface area contributed by atoms with Gasteiger partial charge < -0.3 is 19.5 Å². The number of hydrogen-bond acceptors (Lipinski definition) is 4. The molecule has 1 heterocycles. The molecule has 1 N–H and O–H groups in total. The summed E-state index contributed by atoms with van der Waals surface area (Å²) in [5.41, 5.74) is 1.20. The van der Waals surface area contributed by atoms with Crippen LogP contribution in [0.1, 0.15) is 25.3 Å². The molecule has 5 heteroatoms. The minimum Gasteiger partial charge on any atom is -0.454 e. The van der Waals surface area contributed by atoms with Crippen molar-refractivity contribution in [3.05, 3.63) is 22.2 Å². The molecule has 1 fully saturated rings. The Bertz CT molecular complexity index is 460. The van der Waals surface area contributed by atoms with Crippen molar-refractivity contribution in [2.75, 3.05) is 13.4 Å². The summed E-state index contributed by atoms with van der Waals surface area (Å²) in [6.45, 7) is 4.01. The summed E-state index contributed by atoms with van der Waals surface area (Å²) in [4.78, 5) is 0. The van der Waals surface area contributed by atoms with Crippen LogP contribution in [0.25, 0.3) is 0 Å². The van der Waals surface area contributed by atoms with E-state index in [1.54, 1.807) is 0 Å². The second-order valence-corrected chi connectivity index (χ2v) is 5.78. The minimum atomic E-state index is 0.317. The Morgan fingerprint density at radius 1 is 1.32 bits per heavy atom. The van der Waals surface area contributed by atoms with Gasteiger partial charge in [0, 0.05) is 23.7 Å². The van der Waals surface area contributed by atoms with Crippen LogP contribution in [0.15, 0.2) is 16.6 Å². The van der Waals surface area contributed by atoms with E-state index in [0.717, 1.165) is 42.0 Å². The Morgan fingerprint density at radius 3 is 2.79 bits per heavy atom. The van der Waals surface area contributed by atoms with Crippen molar-refractivity contribution < 1.29 is 14.2 Å². The zero-order valence-corrected chi connectivity index (χ0v) is 12.5. The summed E-state index contributed by atoms with van der Waals surface area (Å²) in [5, 5.41) is 3.55. The Kier molecular flexibility index (Phi) is 3.96. The highest BCUT2D eigenvalue weighted by Crippen LogP contribution is 2.37. The van der Waals surface area contributed by atoms with E-state index in [9.17, 15) is 0 Å². The molecule has 0 unspecified atom stereocenters. The molecule has 1 saturated carbocycles. The van der Waals surface area contributed by atoms with Crippen molar-refractivity contribution in [2.24, 2.45) is 0 Å². The molecular weight excluding hydrogens is 310 g/mol. The highest BCUT2D eigenvalue weighted by molar-refractivity contribution is 9.10. The molecule has 0 spiro atoms. The quantitative estimate of drug-likeness (QED) is 0.902. The molecular formula is C14H18BrNO3. The van der Waals surface area contributed by atoms with Crippen LogP contribution >= 0.6 is 15.9 Å². The molecule has 1 aliphatic carbocycles. The Morgan fingerprint density at radius 2 is 2.05 bits per heavy atom. The van der Waals surface area contributed by atoms with Gasteiger partial charge in [-0.05, 0) is 37.5 Å². The van der Waals surface area contributed by atoms with Crippen LogP contribution in [-0.4, -0.2) is 25.5 Å². The first-order valence-corrected chi connectivity index (χ1v) is 7.48. The molecule has 0 atom stereocenters. The lowest BCUT2D eigenvalue weighted by molar-refractivity contribution is -0.0102. The summed E-state index contributed by atoms with van der Waals surface area (Å²) in [7, 11) is 0. The maximum atomic E-state index is 5.56. The highest BCUT2D eigenvalue weighted by Gasteiger charge is 2.29. The van der Waals surface area contributed by atoms with Gasteiger partial charge in [-0.15, -0.1) is 0 Å². The van der Waals surface area contributed by atoms with Crippen molar-refractivity contribution in [3.63, 3.8) is 0 Å². The van der Waals surface area contributed by atoms with Gasteiger partial charge in [0.25, 0.3) is 0 Å². The maximum absolute atomic E-state index is 5.56. The second kappa shape index (κ2) is 5.69. The average molecular weight is 328 g/mol. The van der Waals surface area contributed by atoms with E-state index < -0.39 is 0 Å². The molecule has 0 aromatic heterocycles. The number of rotatable bonds is 5. The highest BCUT2D eigenvalue weighted by atomic mass is 79.9. The summed E-state index contributed by atoms with van der Waals surface area (Å²) in [5.74, 6) is 1.65. The SMILES string of the molecule is CCOC1CC(NCc2cc3c(cc2Br)OCO3)C1. The first-order chi connectivity index (χ1) is 9.26. The molecule has 19 heavy (non-hydrogen) atoms. The molecule has 1 aromatic rings. The zero-order chi connectivity index (χ0) is 13.2. The number of halogens is 1. The van der Waals surface area contributed by atoms with Crippen LogP contribution in [0.2, 0.25) is 0 Å². The molecule has 0 saturated heterocycles. The van der Waals surface area contributed by atoms with Gasteiger partial charge in [0.2, 0.25) is 6.79 Å². The molecule has 3 rings (SSSR count). The second-order valence-electron chi connectivity index (χ2n) is 4.92. The topological polar surface area (TPSA) is 39.7 Å². The van der Waals surface area contributed by atoms with Gasteiger partial charge in [-0.3, -0.25) is 0 Å². The van der Waals surface area contributed by atoms with Crippen LogP contribution in [0.5, 0.6) is 11.5 Å². The monoisotopic (exact) mass is 327 g/mol. The number of benzene rings is 1. The van der Waals surface area contributed by atoms with Crippen LogP contribution in [0.4, 0.5) is 0 Å². The molecule has 1 aliphatic heterocycles. The Balaban J connectivity index is 1.54. The van der Waals surface area contributed by atoms with E-state index in [-0.39, 0.29) is 0 Å².